The summed E-state index contributed by atoms with van der Waals surface area (Å²) in [6.45, 7) is 1.91. The largest absolute Gasteiger partial charge is 0.480 e. The molecular weight excluding hydrogens is 318 g/mol. The number of nitriles is 1. The van der Waals surface area contributed by atoms with Gasteiger partial charge in [-0.3, -0.25) is 4.79 Å². The van der Waals surface area contributed by atoms with E-state index in [9.17, 15) is 4.79 Å². The van der Waals surface area contributed by atoms with Crippen LogP contribution in [-0.4, -0.2) is 28.0 Å². The summed E-state index contributed by atoms with van der Waals surface area (Å²) in [6, 6.07) is 8.08. The van der Waals surface area contributed by atoms with Gasteiger partial charge in [-0.15, -0.1) is 0 Å². The van der Waals surface area contributed by atoms with Gasteiger partial charge in [-0.1, -0.05) is 0 Å². The molecule has 1 amide bonds. The highest BCUT2D eigenvalue weighted by atomic mass is 16.5. The smallest absolute Gasteiger partial charge is 0.232 e. The van der Waals surface area contributed by atoms with Gasteiger partial charge < -0.3 is 15.0 Å². The van der Waals surface area contributed by atoms with Crippen molar-refractivity contribution in [2.24, 2.45) is 0 Å². The molecule has 3 rings (SSSR count). The minimum Gasteiger partial charge on any atom is -0.480 e. The van der Waals surface area contributed by atoms with Crippen molar-refractivity contribution in [1.82, 2.24) is 20.3 Å². The van der Waals surface area contributed by atoms with Crippen LogP contribution in [0.1, 0.15) is 18.2 Å². The molecule has 0 unspecified atom stereocenters. The number of carbonyl (C=O) groups excluding carboxylic acids is 1. The molecule has 0 saturated heterocycles. The summed E-state index contributed by atoms with van der Waals surface area (Å²) in [4.78, 5) is 22.9. The summed E-state index contributed by atoms with van der Waals surface area (Å²) in [5.74, 6) is 0.349. The minimum absolute atomic E-state index is 0.0852. The molecule has 0 aliphatic rings. The molecule has 0 atom stereocenters. The lowest BCUT2D eigenvalue weighted by Gasteiger charge is -2.07. The van der Waals surface area contributed by atoms with E-state index in [4.69, 9.17) is 10.00 Å². The maximum Gasteiger partial charge on any atom is 0.232 e. The maximum absolute atomic E-state index is 11.1. The van der Waals surface area contributed by atoms with Gasteiger partial charge in [-0.2, -0.15) is 5.26 Å². The molecule has 0 saturated carbocycles. The quantitative estimate of drug-likeness (QED) is 0.745. The summed E-state index contributed by atoms with van der Waals surface area (Å²) in [5, 5.41) is 12.9. The number of aromatic nitrogens is 3. The van der Waals surface area contributed by atoms with Gasteiger partial charge in [0.15, 0.2) is 0 Å². The Bertz CT molecular complexity index is 954. The van der Waals surface area contributed by atoms with Crippen molar-refractivity contribution in [2.75, 3.05) is 7.11 Å². The fourth-order valence-corrected chi connectivity index (χ4v) is 2.63. The minimum atomic E-state index is -0.0852. The van der Waals surface area contributed by atoms with Crippen LogP contribution < -0.4 is 10.1 Å². The second-order valence-corrected chi connectivity index (χ2v) is 5.58. The predicted octanol–water partition coefficient (Wildman–Crippen LogP) is 2.34. The van der Waals surface area contributed by atoms with Crippen LogP contribution in [0.15, 0.2) is 30.6 Å². The third-order valence-corrected chi connectivity index (χ3v) is 3.81. The van der Waals surface area contributed by atoms with E-state index < -0.39 is 0 Å². The lowest BCUT2D eigenvalue weighted by Crippen LogP contribution is -2.18. The standard InChI is InChI=1S/C18H17N5O2/c1-11(24)20-8-14-6-13-5-12(3-4-19)15(7-16(13)23-14)17-9-22-18(25-2)10-21-17/h5-7,9-10,23H,3,8H2,1-2H3,(H,20,24). The zero-order valence-electron chi connectivity index (χ0n) is 14.0. The molecule has 25 heavy (non-hydrogen) atoms. The Morgan fingerprint density at radius 3 is 2.80 bits per heavy atom. The highest BCUT2D eigenvalue weighted by molar-refractivity contribution is 5.87. The number of rotatable bonds is 5. The zero-order valence-corrected chi connectivity index (χ0v) is 14.0. The molecule has 7 nitrogen and oxygen atoms in total. The number of hydrogen-bond acceptors (Lipinski definition) is 5. The van der Waals surface area contributed by atoms with Crippen LogP contribution >= 0.6 is 0 Å². The van der Waals surface area contributed by atoms with E-state index in [1.165, 1.54) is 14.0 Å². The monoisotopic (exact) mass is 335 g/mol. The first-order valence-corrected chi connectivity index (χ1v) is 7.73. The number of amides is 1. The number of benzene rings is 1. The average Bonchev–Trinajstić information content (AvgIpc) is 3.01. The number of nitrogens with zero attached hydrogens (tertiary/aromatic N) is 3. The second-order valence-electron chi connectivity index (χ2n) is 5.58. The Labute approximate surface area is 144 Å². The Kier molecular flexibility index (Phi) is 4.61. The van der Waals surface area contributed by atoms with Crippen LogP contribution in [0.2, 0.25) is 0 Å². The lowest BCUT2D eigenvalue weighted by atomic mass is 10.0. The molecule has 0 radical (unpaired) electrons. The van der Waals surface area contributed by atoms with E-state index in [0.717, 1.165) is 27.7 Å². The fourth-order valence-electron chi connectivity index (χ4n) is 2.63. The summed E-state index contributed by atoms with van der Waals surface area (Å²) in [5.41, 5.74) is 4.20. The van der Waals surface area contributed by atoms with Crippen LogP contribution in [0.3, 0.4) is 0 Å². The molecule has 0 aliphatic heterocycles. The van der Waals surface area contributed by atoms with Crippen LogP contribution in [-0.2, 0) is 17.8 Å². The van der Waals surface area contributed by atoms with Gasteiger partial charge in [0.05, 0.1) is 44.2 Å². The predicted molar refractivity (Wildman–Crippen MR) is 92.7 cm³/mol. The number of fused-ring (bicyclic) bond motifs is 1. The number of methoxy groups -OCH3 is 1. The van der Waals surface area contributed by atoms with Crippen molar-refractivity contribution in [1.29, 1.82) is 5.26 Å². The van der Waals surface area contributed by atoms with Crippen molar-refractivity contribution in [3.05, 3.63) is 41.9 Å². The maximum atomic E-state index is 11.1. The van der Waals surface area contributed by atoms with Gasteiger partial charge in [0.25, 0.3) is 0 Å². The summed E-state index contributed by atoms with van der Waals surface area (Å²) in [7, 11) is 1.53. The molecule has 3 aromatic rings. The Hall–Kier alpha value is -3.40. The number of aromatic amines is 1. The van der Waals surface area contributed by atoms with Crippen LogP contribution in [0.25, 0.3) is 22.2 Å². The summed E-state index contributed by atoms with van der Waals surface area (Å²) < 4.78 is 5.04. The van der Waals surface area contributed by atoms with Gasteiger partial charge in [0.1, 0.15) is 0 Å². The Morgan fingerprint density at radius 1 is 1.32 bits per heavy atom. The fraction of sp³-hybridized carbons (Fsp3) is 0.222. The van der Waals surface area contributed by atoms with E-state index in [1.807, 2.05) is 18.2 Å². The molecule has 0 fully saturated rings. The summed E-state index contributed by atoms with van der Waals surface area (Å²) in [6.07, 6.45) is 3.44. The SMILES string of the molecule is COc1cnc(-c2cc3[nH]c(CNC(C)=O)cc3cc2CC#N)cn1. The molecule has 1 aromatic carbocycles. The molecule has 7 heteroatoms. The van der Waals surface area contributed by atoms with Gasteiger partial charge in [0, 0.05) is 29.1 Å². The normalized spacial score (nSPS) is 10.4. The van der Waals surface area contributed by atoms with Gasteiger partial charge in [-0.05, 0) is 23.8 Å². The molecule has 126 valence electrons. The molecule has 2 aromatic heterocycles. The van der Waals surface area contributed by atoms with Crippen molar-refractivity contribution in [3.63, 3.8) is 0 Å². The molecule has 0 bridgehead atoms. The summed E-state index contributed by atoms with van der Waals surface area (Å²) >= 11 is 0. The third kappa shape index (κ3) is 3.58. The molecule has 0 aliphatic carbocycles. The van der Waals surface area contributed by atoms with E-state index in [2.05, 4.69) is 26.3 Å². The average molecular weight is 335 g/mol. The van der Waals surface area contributed by atoms with Crippen molar-refractivity contribution in [2.45, 2.75) is 19.9 Å². The van der Waals surface area contributed by atoms with E-state index in [0.29, 0.717) is 18.1 Å². The zero-order chi connectivity index (χ0) is 17.8. The van der Waals surface area contributed by atoms with Crippen LogP contribution in [0, 0.1) is 11.3 Å². The first-order valence-electron chi connectivity index (χ1n) is 7.73. The highest BCUT2D eigenvalue weighted by Crippen LogP contribution is 2.28. The number of H-pyrrole nitrogens is 1. The first kappa shape index (κ1) is 16.5. The van der Waals surface area contributed by atoms with E-state index in [1.54, 1.807) is 12.4 Å². The third-order valence-electron chi connectivity index (χ3n) is 3.81. The highest BCUT2D eigenvalue weighted by Gasteiger charge is 2.11. The van der Waals surface area contributed by atoms with Gasteiger partial charge in [0.2, 0.25) is 11.8 Å². The second kappa shape index (κ2) is 7.01. The van der Waals surface area contributed by atoms with Gasteiger partial charge >= 0.3 is 0 Å². The number of nitrogens with one attached hydrogen (secondary N) is 2. The van der Waals surface area contributed by atoms with E-state index in [-0.39, 0.29) is 12.3 Å². The molecule has 2 heterocycles. The Morgan fingerprint density at radius 2 is 2.16 bits per heavy atom. The lowest BCUT2D eigenvalue weighted by molar-refractivity contribution is -0.119. The number of hydrogen-bond donors (Lipinski definition) is 2. The van der Waals surface area contributed by atoms with Crippen LogP contribution in [0.4, 0.5) is 0 Å². The molecular formula is C18H17N5O2. The van der Waals surface area contributed by atoms with Gasteiger partial charge in [-0.25, -0.2) is 9.97 Å². The van der Waals surface area contributed by atoms with Crippen LogP contribution in [0.5, 0.6) is 5.88 Å². The van der Waals surface area contributed by atoms with Crippen molar-refractivity contribution < 1.29 is 9.53 Å². The van der Waals surface area contributed by atoms with E-state index >= 15 is 0 Å². The topological polar surface area (TPSA) is 104 Å². The van der Waals surface area contributed by atoms with Crippen molar-refractivity contribution >= 4 is 16.8 Å². The molecule has 0 spiro atoms. The number of ether oxygens (including phenoxy) is 1. The first-order chi connectivity index (χ1) is 12.1. The number of carbonyl (C=O) groups is 1. The Balaban J connectivity index is 2.04. The van der Waals surface area contributed by atoms with Crippen molar-refractivity contribution in [3.8, 4) is 23.2 Å². The molecule has 2 N–H and O–H groups in total.